The van der Waals surface area contributed by atoms with Crippen LogP contribution in [-0.4, -0.2) is 18.4 Å². The highest BCUT2D eigenvalue weighted by molar-refractivity contribution is 6.06. The zero-order valence-electron chi connectivity index (χ0n) is 14.4. The highest BCUT2D eigenvalue weighted by Gasteiger charge is 2.31. The standard InChI is InChI=1S/C20H17F3N2O2/c21-20(22,23)15-4-1-5-16(11-15)24-19(27)14-9-12-3-2-8-25-17(26)7-6-13(10-14)18(12)25/h1,4-5,9-11H,2-3,6-8H2,(H,24,27). The molecule has 2 aromatic carbocycles. The largest absolute Gasteiger partial charge is 0.416 e. The van der Waals surface area contributed by atoms with Gasteiger partial charge in [0.2, 0.25) is 5.91 Å². The van der Waals surface area contributed by atoms with Gasteiger partial charge in [-0.1, -0.05) is 6.07 Å². The van der Waals surface area contributed by atoms with E-state index in [0.717, 1.165) is 41.8 Å². The smallest absolute Gasteiger partial charge is 0.322 e. The molecular formula is C20H17F3N2O2. The lowest BCUT2D eigenvalue weighted by Crippen LogP contribution is -2.39. The highest BCUT2D eigenvalue weighted by Crippen LogP contribution is 2.37. The highest BCUT2D eigenvalue weighted by atomic mass is 19.4. The molecule has 0 bridgehead atoms. The van der Waals surface area contributed by atoms with Gasteiger partial charge in [-0.05, 0) is 60.7 Å². The molecule has 2 aromatic rings. The molecule has 4 rings (SSSR count). The van der Waals surface area contributed by atoms with Gasteiger partial charge >= 0.3 is 6.18 Å². The Morgan fingerprint density at radius 1 is 1.04 bits per heavy atom. The van der Waals surface area contributed by atoms with Gasteiger partial charge in [-0.15, -0.1) is 0 Å². The van der Waals surface area contributed by atoms with E-state index in [4.69, 9.17) is 0 Å². The quantitative estimate of drug-likeness (QED) is 0.857. The van der Waals surface area contributed by atoms with Crippen LogP contribution in [0.4, 0.5) is 24.5 Å². The summed E-state index contributed by atoms with van der Waals surface area (Å²) in [6.07, 6.45) is -1.88. The topological polar surface area (TPSA) is 49.4 Å². The number of anilines is 2. The minimum atomic E-state index is -4.47. The molecule has 4 nitrogen and oxygen atoms in total. The minimum absolute atomic E-state index is 0.0954. The van der Waals surface area contributed by atoms with Crippen LogP contribution in [-0.2, 0) is 23.8 Å². The molecule has 0 unspecified atom stereocenters. The van der Waals surface area contributed by atoms with Crippen LogP contribution in [0.2, 0.25) is 0 Å². The van der Waals surface area contributed by atoms with Crippen LogP contribution in [0.1, 0.15) is 39.9 Å². The Kier molecular flexibility index (Phi) is 4.17. The number of carbonyl (C=O) groups is 2. The molecular weight excluding hydrogens is 357 g/mol. The Morgan fingerprint density at radius 3 is 2.52 bits per heavy atom. The second-order valence-corrected chi connectivity index (χ2v) is 6.82. The zero-order chi connectivity index (χ0) is 19.2. The minimum Gasteiger partial charge on any atom is -0.322 e. The molecule has 0 spiro atoms. The van der Waals surface area contributed by atoms with Crippen LogP contribution in [0.3, 0.4) is 0 Å². The predicted octanol–water partition coefficient (Wildman–Crippen LogP) is 4.18. The number of nitrogens with zero attached hydrogens (tertiary/aromatic N) is 1. The molecule has 0 saturated carbocycles. The third kappa shape index (κ3) is 3.29. The Labute approximate surface area is 154 Å². The van der Waals surface area contributed by atoms with Crippen molar-refractivity contribution in [2.24, 2.45) is 0 Å². The van der Waals surface area contributed by atoms with Crippen LogP contribution < -0.4 is 10.2 Å². The average Bonchev–Trinajstić information content (AvgIpc) is 2.64. The summed E-state index contributed by atoms with van der Waals surface area (Å²) >= 11 is 0. The van der Waals surface area contributed by atoms with Crippen molar-refractivity contribution < 1.29 is 22.8 Å². The van der Waals surface area contributed by atoms with E-state index in [0.29, 0.717) is 24.9 Å². The Bertz CT molecular complexity index is 920. The molecule has 2 aliphatic heterocycles. The number of hydrogen-bond donors (Lipinski definition) is 1. The van der Waals surface area contributed by atoms with Crippen molar-refractivity contribution in [2.75, 3.05) is 16.8 Å². The third-order valence-corrected chi connectivity index (χ3v) is 4.98. The van der Waals surface area contributed by atoms with Crippen LogP contribution in [0, 0.1) is 0 Å². The fourth-order valence-electron chi connectivity index (χ4n) is 3.76. The molecule has 0 fully saturated rings. The average molecular weight is 374 g/mol. The van der Waals surface area contributed by atoms with E-state index in [-0.39, 0.29) is 11.6 Å². The molecule has 0 aliphatic carbocycles. The maximum Gasteiger partial charge on any atom is 0.416 e. The molecule has 1 N–H and O–H groups in total. The molecule has 27 heavy (non-hydrogen) atoms. The molecule has 0 radical (unpaired) electrons. The van der Waals surface area contributed by atoms with Gasteiger partial charge in [0.25, 0.3) is 5.91 Å². The van der Waals surface area contributed by atoms with Gasteiger partial charge < -0.3 is 10.2 Å². The summed E-state index contributed by atoms with van der Waals surface area (Å²) in [6.45, 7) is 0.689. The Hall–Kier alpha value is -2.83. The van der Waals surface area contributed by atoms with Crippen molar-refractivity contribution >= 4 is 23.2 Å². The maximum atomic E-state index is 12.8. The Morgan fingerprint density at radius 2 is 1.78 bits per heavy atom. The number of carbonyl (C=O) groups excluding carboxylic acids is 2. The molecule has 2 heterocycles. The lowest BCUT2D eigenvalue weighted by atomic mass is 9.89. The van der Waals surface area contributed by atoms with E-state index in [1.807, 2.05) is 0 Å². The summed E-state index contributed by atoms with van der Waals surface area (Å²) in [5, 5.41) is 2.55. The molecule has 2 amide bonds. The number of nitrogens with one attached hydrogen (secondary N) is 1. The second-order valence-electron chi connectivity index (χ2n) is 6.82. The van der Waals surface area contributed by atoms with Gasteiger partial charge in [0, 0.05) is 24.2 Å². The van der Waals surface area contributed by atoms with E-state index < -0.39 is 17.6 Å². The fraction of sp³-hybridized carbons (Fsp3) is 0.300. The second kappa shape index (κ2) is 6.40. The molecule has 7 heteroatoms. The number of benzene rings is 2. The summed E-state index contributed by atoms with van der Waals surface area (Å²) < 4.78 is 38.5. The van der Waals surface area contributed by atoms with Crippen LogP contribution >= 0.6 is 0 Å². The number of amides is 2. The number of halogens is 3. The van der Waals surface area contributed by atoms with Gasteiger partial charge in [0.15, 0.2) is 0 Å². The first-order valence-corrected chi connectivity index (χ1v) is 8.78. The maximum absolute atomic E-state index is 12.8. The predicted molar refractivity (Wildman–Crippen MR) is 94.8 cm³/mol. The molecule has 0 atom stereocenters. The Balaban J connectivity index is 1.63. The van der Waals surface area contributed by atoms with Crippen molar-refractivity contribution in [3.8, 4) is 0 Å². The number of hydrogen-bond acceptors (Lipinski definition) is 2. The van der Waals surface area contributed by atoms with Gasteiger partial charge in [-0.25, -0.2) is 0 Å². The summed E-state index contributed by atoms with van der Waals surface area (Å²) in [4.78, 5) is 26.5. The van der Waals surface area contributed by atoms with Crippen molar-refractivity contribution in [1.82, 2.24) is 0 Å². The van der Waals surface area contributed by atoms with E-state index >= 15 is 0 Å². The lowest BCUT2D eigenvalue weighted by molar-refractivity contribution is -0.137. The van der Waals surface area contributed by atoms with Crippen molar-refractivity contribution in [2.45, 2.75) is 31.9 Å². The lowest BCUT2D eigenvalue weighted by Gasteiger charge is -2.35. The van der Waals surface area contributed by atoms with Crippen LogP contribution in [0.25, 0.3) is 0 Å². The van der Waals surface area contributed by atoms with Gasteiger partial charge in [-0.2, -0.15) is 13.2 Å². The zero-order valence-corrected chi connectivity index (χ0v) is 14.4. The van der Waals surface area contributed by atoms with E-state index in [9.17, 15) is 22.8 Å². The van der Waals surface area contributed by atoms with Crippen LogP contribution in [0.15, 0.2) is 36.4 Å². The molecule has 0 aromatic heterocycles. The monoisotopic (exact) mass is 374 g/mol. The summed E-state index contributed by atoms with van der Waals surface area (Å²) in [5.74, 6) is -0.355. The fourth-order valence-corrected chi connectivity index (χ4v) is 3.76. The number of aryl methyl sites for hydroxylation is 2. The van der Waals surface area contributed by atoms with Gasteiger partial charge in [-0.3, -0.25) is 9.59 Å². The van der Waals surface area contributed by atoms with E-state index in [1.54, 1.807) is 17.0 Å². The number of alkyl halides is 3. The van der Waals surface area contributed by atoms with E-state index in [1.165, 1.54) is 12.1 Å². The molecule has 2 aliphatic rings. The normalized spacial score (nSPS) is 16.1. The molecule has 140 valence electrons. The third-order valence-electron chi connectivity index (χ3n) is 4.98. The summed E-state index contributed by atoms with van der Waals surface area (Å²) in [5.41, 5.74) is 2.49. The van der Waals surface area contributed by atoms with E-state index in [2.05, 4.69) is 5.32 Å². The first-order chi connectivity index (χ1) is 12.8. The summed E-state index contributed by atoms with van der Waals surface area (Å²) in [7, 11) is 0. The van der Waals surface area contributed by atoms with Crippen molar-refractivity contribution in [3.63, 3.8) is 0 Å². The first kappa shape index (κ1) is 17.6. The van der Waals surface area contributed by atoms with Crippen molar-refractivity contribution in [3.05, 3.63) is 58.7 Å². The molecule has 0 saturated heterocycles. The first-order valence-electron chi connectivity index (χ1n) is 8.78. The van der Waals surface area contributed by atoms with Crippen molar-refractivity contribution in [1.29, 1.82) is 0 Å². The summed E-state index contributed by atoms with van der Waals surface area (Å²) in [6, 6.07) is 8.05. The van der Waals surface area contributed by atoms with Crippen LogP contribution in [0.5, 0.6) is 0 Å². The van der Waals surface area contributed by atoms with Gasteiger partial charge in [0.1, 0.15) is 0 Å². The van der Waals surface area contributed by atoms with Gasteiger partial charge in [0.05, 0.1) is 11.3 Å². The SMILES string of the molecule is O=C(Nc1cccc(C(F)(F)F)c1)c1cc2c3c(c1)CCC(=O)N3CCC2. The number of rotatable bonds is 2.